The van der Waals surface area contributed by atoms with E-state index < -0.39 is 0 Å². The summed E-state index contributed by atoms with van der Waals surface area (Å²) in [7, 11) is 0. The third kappa shape index (κ3) is 2.63. The van der Waals surface area contributed by atoms with Crippen molar-refractivity contribution in [3.8, 4) is 0 Å². The van der Waals surface area contributed by atoms with E-state index in [9.17, 15) is 0 Å². The fraction of sp³-hybridized carbons (Fsp3) is 0.812. The summed E-state index contributed by atoms with van der Waals surface area (Å²) in [5.41, 5.74) is 1.76. The molecule has 0 bridgehead atoms. The summed E-state index contributed by atoms with van der Waals surface area (Å²) < 4.78 is 2.49. The second-order valence-corrected chi connectivity index (χ2v) is 6.69. The molecule has 2 fully saturated rings. The zero-order chi connectivity index (χ0) is 14.0. The number of aromatic nitrogens is 2. The van der Waals surface area contributed by atoms with Gasteiger partial charge in [-0.25, -0.2) is 4.98 Å². The van der Waals surface area contributed by atoms with E-state index in [0.29, 0.717) is 11.5 Å². The first-order valence-corrected chi connectivity index (χ1v) is 8.18. The lowest BCUT2D eigenvalue weighted by Gasteiger charge is -2.38. The van der Waals surface area contributed by atoms with Crippen LogP contribution < -0.4 is 5.32 Å². The SMILES string of the molecule is CCN1CCCC(n2cncc2C2(C)CCNCC2)C1. The number of hydrogen-bond donors (Lipinski definition) is 1. The number of nitrogens with one attached hydrogen (secondary N) is 1. The lowest BCUT2D eigenvalue weighted by Crippen LogP contribution is -2.41. The van der Waals surface area contributed by atoms with E-state index in [2.05, 4.69) is 46.1 Å². The van der Waals surface area contributed by atoms with Gasteiger partial charge in [0.05, 0.1) is 6.33 Å². The molecule has 1 N–H and O–H groups in total. The molecule has 0 aliphatic carbocycles. The number of rotatable bonds is 3. The van der Waals surface area contributed by atoms with Crippen LogP contribution in [0.15, 0.2) is 12.5 Å². The number of likely N-dealkylation sites (N-methyl/N-ethyl adjacent to an activating group) is 1. The molecule has 2 aliphatic heterocycles. The summed E-state index contributed by atoms with van der Waals surface area (Å²) >= 11 is 0. The molecule has 4 heteroatoms. The molecule has 0 radical (unpaired) electrons. The van der Waals surface area contributed by atoms with Crippen LogP contribution in [0.5, 0.6) is 0 Å². The second kappa shape index (κ2) is 5.86. The summed E-state index contributed by atoms with van der Waals surface area (Å²) in [4.78, 5) is 7.06. The molecule has 4 nitrogen and oxygen atoms in total. The predicted molar refractivity (Wildman–Crippen MR) is 82.1 cm³/mol. The van der Waals surface area contributed by atoms with Crippen molar-refractivity contribution in [2.75, 3.05) is 32.7 Å². The third-order valence-electron chi connectivity index (χ3n) is 5.31. The summed E-state index contributed by atoms with van der Waals surface area (Å²) in [6, 6.07) is 0.618. The highest BCUT2D eigenvalue weighted by molar-refractivity contribution is 5.16. The third-order valence-corrected chi connectivity index (χ3v) is 5.31. The largest absolute Gasteiger partial charge is 0.330 e. The Morgan fingerprint density at radius 3 is 2.95 bits per heavy atom. The molecular formula is C16H28N4. The van der Waals surface area contributed by atoms with E-state index in [0.717, 1.165) is 13.1 Å². The molecule has 0 spiro atoms. The van der Waals surface area contributed by atoms with Gasteiger partial charge in [-0.2, -0.15) is 0 Å². The van der Waals surface area contributed by atoms with Crippen LogP contribution in [-0.4, -0.2) is 47.2 Å². The highest BCUT2D eigenvalue weighted by atomic mass is 15.2. The number of likely N-dealkylation sites (tertiary alicyclic amines) is 1. The molecule has 112 valence electrons. The van der Waals surface area contributed by atoms with Crippen LogP contribution in [0.2, 0.25) is 0 Å². The zero-order valence-electron chi connectivity index (χ0n) is 12.9. The summed E-state index contributed by atoms with van der Waals surface area (Å²) in [6.45, 7) is 10.6. The minimum atomic E-state index is 0.302. The number of hydrogen-bond acceptors (Lipinski definition) is 3. The Bertz CT molecular complexity index is 433. The van der Waals surface area contributed by atoms with Gasteiger partial charge < -0.3 is 14.8 Å². The van der Waals surface area contributed by atoms with Crippen molar-refractivity contribution in [1.29, 1.82) is 0 Å². The van der Waals surface area contributed by atoms with Gasteiger partial charge in [0.2, 0.25) is 0 Å². The van der Waals surface area contributed by atoms with Gasteiger partial charge in [0.15, 0.2) is 0 Å². The van der Waals surface area contributed by atoms with Crippen LogP contribution in [0.1, 0.15) is 51.3 Å². The normalized spacial score (nSPS) is 27.6. The quantitative estimate of drug-likeness (QED) is 0.918. The van der Waals surface area contributed by atoms with Gasteiger partial charge in [0.1, 0.15) is 0 Å². The first kappa shape index (κ1) is 14.1. The maximum atomic E-state index is 4.49. The monoisotopic (exact) mass is 276 g/mol. The topological polar surface area (TPSA) is 33.1 Å². The van der Waals surface area contributed by atoms with E-state index in [-0.39, 0.29) is 0 Å². The molecule has 1 unspecified atom stereocenters. The average molecular weight is 276 g/mol. The lowest BCUT2D eigenvalue weighted by atomic mass is 9.78. The van der Waals surface area contributed by atoms with Gasteiger partial charge in [-0.05, 0) is 51.9 Å². The molecule has 1 aromatic heterocycles. The van der Waals surface area contributed by atoms with Crippen molar-refractivity contribution in [2.45, 2.75) is 51.0 Å². The Balaban J connectivity index is 1.82. The van der Waals surface area contributed by atoms with Crippen molar-refractivity contribution < 1.29 is 0 Å². The summed E-state index contributed by atoms with van der Waals surface area (Å²) in [5.74, 6) is 0. The van der Waals surface area contributed by atoms with Gasteiger partial charge in [-0.1, -0.05) is 13.8 Å². The minimum Gasteiger partial charge on any atom is -0.330 e. The minimum absolute atomic E-state index is 0.302. The van der Waals surface area contributed by atoms with Gasteiger partial charge in [-0.15, -0.1) is 0 Å². The average Bonchev–Trinajstić information content (AvgIpc) is 2.98. The maximum Gasteiger partial charge on any atom is 0.0951 e. The smallest absolute Gasteiger partial charge is 0.0951 e. The van der Waals surface area contributed by atoms with E-state index in [1.807, 2.05) is 0 Å². The lowest BCUT2D eigenvalue weighted by molar-refractivity contribution is 0.177. The summed E-state index contributed by atoms with van der Waals surface area (Å²) in [5, 5.41) is 3.48. The van der Waals surface area contributed by atoms with E-state index in [4.69, 9.17) is 0 Å². The van der Waals surface area contributed by atoms with Crippen LogP contribution in [0.4, 0.5) is 0 Å². The highest BCUT2D eigenvalue weighted by Crippen LogP contribution is 2.35. The molecule has 0 amide bonds. The number of piperidine rings is 2. The molecule has 0 aromatic carbocycles. The molecular weight excluding hydrogens is 248 g/mol. The van der Waals surface area contributed by atoms with Crippen LogP contribution >= 0.6 is 0 Å². The Morgan fingerprint density at radius 2 is 2.20 bits per heavy atom. The van der Waals surface area contributed by atoms with Crippen LogP contribution in [0.25, 0.3) is 0 Å². The predicted octanol–water partition coefficient (Wildman–Crippen LogP) is 2.18. The van der Waals surface area contributed by atoms with Gasteiger partial charge in [0.25, 0.3) is 0 Å². The fourth-order valence-corrected chi connectivity index (χ4v) is 3.84. The molecule has 1 atom stereocenters. The second-order valence-electron chi connectivity index (χ2n) is 6.69. The Labute approximate surface area is 122 Å². The molecule has 0 saturated carbocycles. The van der Waals surface area contributed by atoms with Gasteiger partial charge >= 0.3 is 0 Å². The number of nitrogens with zero attached hydrogens (tertiary/aromatic N) is 3. The first-order chi connectivity index (χ1) is 9.73. The standard InChI is InChI=1S/C16H28N4/c1-3-19-10-4-5-14(12-19)20-13-18-11-15(20)16(2)6-8-17-9-7-16/h11,13-14,17H,3-10,12H2,1-2H3. The van der Waals surface area contributed by atoms with E-state index >= 15 is 0 Å². The van der Waals surface area contributed by atoms with Crippen LogP contribution in [-0.2, 0) is 5.41 Å². The van der Waals surface area contributed by atoms with Crippen LogP contribution in [0.3, 0.4) is 0 Å². The molecule has 2 aliphatic rings. The van der Waals surface area contributed by atoms with Crippen LogP contribution in [0, 0.1) is 0 Å². The van der Waals surface area contributed by atoms with Crippen molar-refractivity contribution in [3.63, 3.8) is 0 Å². The molecule has 20 heavy (non-hydrogen) atoms. The molecule has 1 aromatic rings. The zero-order valence-corrected chi connectivity index (χ0v) is 12.9. The van der Waals surface area contributed by atoms with E-state index in [1.54, 1.807) is 0 Å². The van der Waals surface area contributed by atoms with Gasteiger partial charge in [-0.3, -0.25) is 0 Å². The maximum absolute atomic E-state index is 4.49. The molecule has 2 saturated heterocycles. The Kier molecular flexibility index (Phi) is 4.13. The van der Waals surface area contributed by atoms with E-state index in [1.165, 1.54) is 51.0 Å². The number of imidazole rings is 1. The molecule has 3 rings (SSSR count). The van der Waals surface area contributed by atoms with Crippen molar-refractivity contribution in [1.82, 2.24) is 19.8 Å². The summed E-state index contributed by atoms with van der Waals surface area (Å²) in [6.07, 6.45) is 9.26. The van der Waals surface area contributed by atoms with Crippen molar-refractivity contribution in [2.24, 2.45) is 0 Å². The molecule has 3 heterocycles. The Hall–Kier alpha value is -0.870. The Morgan fingerprint density at radius 1 is 1.40 bits per heavy atom. The van der Waals surface area contributed by atoms with Crippen molar-refractivity contribution in [3.05, 3.63) is 18.2 Å². The van der Waals surface area contributed by atoms with Crippen molar-refractivity contribution >= 4 is 0 Å². The fourth-order valence-electron chi connectivity index (χ4n) is 3.84. The highest BCUT2D eigenvalue weighted by Gasteiger charge is 2.33. The first-order valence-electron chi connectivity index (χ1n) is 8.18. The van der Waals surface area contributed by atoms with Gasteiger partial charge in [0, 0.05) is 29.9 Å².